The van der Waals surface area contributed by atoms with Crippen LogP contribution in [0, 0.1) is 5.82 Å². The van der Waals surface area contributed by atoms with Crippen molar-refractivity contribution in [1.29, 1.82) is 0 Å². The average Bonchev–Trinajstić information content (AvgIpc) is 2.22. The topological polar surface area (TPSA) is 66.4 Å². The van der Waals surface area contributed by atoms with Crippen LogP contribution in [-0.2, 0) is 4.79 Å². The summed E-state index contributed by atoms with van der Waals surface area (Å²) in [5.74, 6) is -2.44. The number of benzene rings is 1. The van der Waals surface area contributed by atoms with E-state index in [1.807, 2.05) is 0 Å². The summed E-state index contributed by atoms with van der Waals surface area (Å²) in [4.78, 5) is 23.0. The van der Waals surface area contributed by atoms with Crippen LogP contribution in [0.1, 0.15) is 29.6 Å². The fraction of sp³-hybridized carbons (Fsp3) is 0.333. The molecule has 6 heteroatoms. The first kappa shape index (κ1) is 13.0. The third-order valence-corrected chi connectivity index (χ3v) is 3.64. The van der Waals surface area contributed by atoms with Crippen LogP contribution >= 0.6 is 15.9 Å². The van der Waals surface area contributed by atoms with Crippen LogP contribution in [-0.4, -0.2) is 22.5 Å². The molecule has 0 bridgehead atoms. The van der Waals surface area contributed by atoms with Gasteiger partial charge in [0.2, 0.25) is 0 Å². The Bertz CT molecular complexity index is 514. The third kappa shape index (κ3) is 2.25. The molecule has 0 heterocycles. The van der Waals surface area contributed by atoms with Crippen LogP contribution in [0.15, 0.2) is 22.7 Å². The van der Waals surface area contributed by atoms with E-state index < -0.39 is 23.2 Å². The molecule has 18 heavy (non-hydrogen) atoms. The molecule has 96 valence electrons. The van der Waals surface area contributed by atoms with E-state index in [9.17, 15) is 14.0 Å². The number of carboxylic acids is 1. The second-order valence-corrected chi connectivity index (χ2v) is 5.23. The number of carbonyl (C=O) groups is 2. The Hall–Kier alpha value is -1.43. The molecule has 1 aromatic carbocycles. The summed E-state index contributed by atoms with van der Waals surface area (Å²) in [6, 6.07) is 4.03. The molecule has 4 nitrogen and oxygen atoms in total. The van der Waals surface area contributed by atoms with E-state index in [1.54, 1.807) is 0 Å². The fourth-order valence-corrected chi connectivity index (χ4v) is 2.21. The molecule has 0 saturated heterocycles. The standard InChI is InChI=1S/C12H11BrFNO3/c13-7-2-3-8(9(14)6-7)10(16)15-12(11(17)18)4-1-5-12/h2-3,6H,1,4-5H2,(H,15,16)(H,17,18). The zero-order valence-electron chi connectivity index (χ0n) is 9.37. The highest BCUT2D eigenvalue weighted by atomic mass is 79.9. The third-order valence-electron chi connectivity index (χ3n) is 3.15. The molecule has 0 aliphatic heterocycles. The minimum absolute atomic E-state index is 0.147. The van der Waals surface area contributed by atoms with Crippen molar-refractivity contribution in [1.82, 2.24) is 5.32 Å². The van der Waals surface area contributed by atoms with Crippen molar-refractivity contribution >= 4 is 27.8 Å². The summed E-state index contributed by atoms with van der Waals surface area (Å²) >= 11 is 3.09. The summed E-state index contributed by atoms with van der Waals surface area (Å²) in [6.07, 6.45) is 1.51. The van der Waals surface area contributed by atoms with Gasteiger partial charge in [-0.3, -0.25) is 4.79 Å². The van der Waals surface area contributed by atoms with E-state index in [0.717, 1.165) is 6.42 Å². The van der Waals surface area contributed by atoms with Crippen LogP contribution < -0.4 is 5.32 Å². The lowest BCUT2D eigenvalue weighted by Gasteiger charge is -2.38. The lowest BCUT2D eigenvalue weighted by molar-refractivity contribution is -0.148. The van der Waals surface area contributed by atoms with Crippen LogP contribution in [0.3, 0.4) is 0 Å². The number of halogens is 2. The molecular weight excluding hydrogens is 305 g/mol. The number of nitrogens with one attached hydrogen (secondary N) is 1. The van der Waals surface area contributed by atoms with Gasteiger partial charge in [-0.2, -0.15) is 0 Å². The first-order valence-electron chi connectivity index (χ1n) is 5.45. The quantitative estimate of drug-likeness (QED) is 0.899. The fourth-order valence-electron chi connectivity index (χ4n) is 1.88. The smallest absolute Gasteiger partial charge is 0.329 e. The van der Waals surface area contributed by atoms with E-state index in [0.29, 0.717) is 17.3 Å². The number of carbonyl (C=O) groups excluding carboxylic acids is 1. The number of hydrogen-bond donors (Lipinski definition) is 2. The molecule has 1 amide bonds. The normalized spacial score (nSPS) is 16.8. The van der Waals surface area contributed by atoms with E-state index in [2.05, 4.69) is 21.2 Å². The van der Waals surface area contributed by atoms with Crippen LogP contribution in [0.2, 0.25) is 0 Å². The number of rotatable bonds is 3. The maximum atomic E-state index is 13.6. The maximum Gasteiger partial charge on any atom is 0.329 e. The Morgan fingerprint density at radius 2 is 2.06 bits per heavy atom. The van der Waals surface area contributed by atoms with Crippen LogP contribution in [0.25, 0.3) is 0 Å². The second kappa shape index (κ2) is 4.68. The van der Waals surface area contributed by atoms with Crippen molar-refractivity contribution in [3.8, 4) is 0 Å². The van der Waals surface area contributed by atoms with Gasteiger partial charge in [-0.05, 0) is 37.5 Å². The summed E-state index contributed by atoms with van der Waals surface area (Å²) in [6.45, 7) is 0. The first-order chi connectivity index (χ1) is 8.44. The zero-order chi connectivity index (χ0) is 13.3. The van der Waals surface area contributed by atoms with Crippen LogP contribution in [0.5, 0.6) is 0 Å². The predicted octanol–water partition coefficient (Wildman–Crippen LogP) is 2.33. The van der Waals surface area contributed by atoms with Gasteiger partial charge in [-0.15, -0.1) is 0 Å². The van der Waals surface area contributed by atoms with Gasteiger partial charge in [0.1, 0.15) is 11.4 Å². The molecule has 1 aliphatic carbocycles. The summed E-state index contributed by atoms with van der Waals surface area (Å²) in [5.41, 5.74) is -1.37. The van der Waals surface area contributed by atoms with E-state index >= 15 is 0 Å². The number of hydrogen-bond acceptors (Lipinski definition) is 2. The first-order valence-corrected chi connectivity index (χ1v) is 6.25. The lowest BCUT2D eigenvalue weighted by Crippen LogP contribution is -2.59. The summed E-state index contributed by atoms with van der Waals surface area (Å²) in [7, 11) is 0. The van der Waals surface area contributed by atoms with Crippen molar-refractivity contribution < 1.29 is 19.1 Å². The van der Waals surface area contributed by atoms with Crippen LogP contribution in [0.4, 0.5) is 4.39 Å². The molecule has 1 fully saturated rings. The molecule has 1 aliphatic rings. The van der Waals surface area contributed by atoms with E-state index in [4.69, 9.17) is 5.11 Å². The predicted molar refractivity (Wildman–Crippen MR) is 65.8 cm³/mol. The Kier molecular flexibility index (Phi) is 3.38. The molecule has 0 unspecified atom stereocenters. The molecule has 0 radical (unpaired) electrons. The van der Waals surface area contributed by atoms with Crippen molar-refractivity contribution in [2.45, 2.75) is 24.8 Å². The summed E-state index contributed by atoms with van der Waals surface area (Å²) in [5, 5.41) is 11.5. The molecule has 0 spiro atoms. The zero-order valence-corrected chi connectivity index (χ0v) is 11.0. The monoisotopic (exact) mass is 315 g/mol. The molecule has 2 N–H and O–H groups in total. The molecule has 1 aromatic rings. The minimum atomic E-state index is -1.23. The Labute approximate surface area is 111 Å². The lowest BCUT2D eigenvalue weighted by atomic mass is 9.76. The van der Waals surface area contributed by atoms with Crippen molar-refractivity contribution in [2.75, 3.05) is 0 Å². The van der Waals surface area contributed by atoms with Gasteiger partial charge in [0.15, 0.2) is 0 Å². The molecule has 1 saturated carbocycles. The van der Waals surface area contributed by atoms with Gasteiger partial charge >= 0.3 is 5.97 Å². The Balaban J connectivity index is 2.19. The van der Waals surface area contributed by atoms with Gasteiger partial charge in [0.25, 0.3) is 5.91 Å². The van der Waals surface area contributed by atoms with Gasteiger partial charge < -0.3 is 10.4 Å². The largest absolute Gasteiger partial charge is 0.480 e. The van der Waals surface area contributed by atoms with Gasteiger partial charge in [0, 0.05) is 4.47 Å². The van der Waals surface area contributed by atoms with E-state index in [-0.39, 0.29) is 5.56 Å². The highest BCUT2D eigenvalue weighted by Gasteiger charge is 2.45. The molecule has 2 rings (SSSR count). The maximum absolute atomic E-state index is 13.6. The number of carboxylic acid groups (broad SMARTS) is 1. The molecular formula is C12H11BrFNO3. The Morgan fingerprint density at radius 3 is 2.50 bits per heavy atom. The number of amides is 1. The SMILES string of the molecule is O=C(NC1(C(=O)O)CCC1)c1ccc(Br)cc1F. The van der Waals surface area contributed by atoms with Gasteiger partial charge in [-0.25, -0.2) is 9.18 Å². The minimum Gasteiger partial charge on any atom is -0.480 e. The number of aliphatic carboxylic acids is 1. The van der Waals surface area contributed by atoms with E-state index in [1.165, 1.54) is 18.2 Å². The van der Waals surface area contributed by atoms with Crippen molar-refractivity contribution in [3.63, 3.8) is 0 Å². The molecule has 0 aromatic heterocycles. The van der Waals surface area contributed by atoms with Crippen molar-refractivity contribution in [3.05, 3.63) is 34.1 Å². The van der Waals surface area contributed by atoms with Gasteiger partial charge in [0.05, 0.1) is 5.56 Å². The highest BCUT2D eigenvalue weighted by Crippen LogP contribution is 2.32. The Morgan fingerprint density at radius 1 is 1.39 bits per heavy atom. The molecule has 0 atom stereocenters. The van der Waals surface area contributed by atoms with Crippen molar-refractivity contribution in [2.24, 2.45) is 0 Å². The average molecular weight is 316 g/mol. The summed E-state index contributed by atoms with van der Waals surface area (Å²) < 4.78 is 14.1. The highest BCUT2D eigenvalue weighted by molar-refractivity contribution is 9.10. The van der Waals surface area contributed by atoms with Gasteiger partial charge in [-0.1, -0.05) is 15.9 Å². The second-order valence-electron chi connectivity index (χ2n) is 4.32.